The molecule has 0 saturated heterocycles. The van der Waals surface area contributed by atoms with Gasteiger partial charge in [0.15, 0.2) is 11.5 Å². The number of benzene rings is 2. The van der Waals surface area contributed by atoms with E-state index >= 15 is 0 Å². The van der Waals surface area contributed by atoms with Crippen LogP contribution in [0.4, 0.5) is 11.4 Å². The van der Waals surface area contributed by atoms with Crippen LogP contribution in [0.3, 0.4) is 0 Å². The van der Waals surface area contributed by atoms with Crippen LogP contribution < -0.4 is 15.0 Å². The Morgan fingerprint density at radius 3 is 2.44 bits per heavy atom. The first-order valence-electron chi connectivity index (χ1n) is 10.2. The Morgan fingerprint density at radius 1 is 1.18 bits per heavy atom. The molecule has 3 aromatic rings. The van der Waals surface area contributed by atoms with Crippen molar-refractivity contribution >= 4 is 17.6 Å². The maximum absolute atomic E-state index is 12.8. The van der Waals surface area contributed by atoms with Crippen LogP contribution in [0.25, 0.3) is 0 Å². The van der Waals surface area contributed by atoms with Crippen LogP contribution in [-0.4, -0.2) is 35.0 Å². The predicted molar refractivity (Wildman–Crippen MR) is 125 cm³/mol. The molecule has 0 aliphatic carbocycles. The van der Waals surface area contributed by atoms with Gasteiger partial charge in [0.1, 0.15) is 11.6 Å². The summed E-state index contributed by atoms with van der Waals surface area (Å²) in [6.45, 7) is 1.66. The lowest BCUT2D eigenvalue weighted by Crippen LogP contribution is -2.26. The third kappa shape index (κ3) is 4.88. The van der Waals surface area contributed by atoms with Gasteiger partial charge in [-0.1, -0.05) is 6.07 Å². The number of methoxy groups -OCH3 is 2. The third-order valence-electron chi connectivity index (χ3n) is 5.32. The van der Waals surface area contributed by atoms with Crippen molar-refractivity contribution in [3.8, 4) is 23.4 Å². The van der Waals surface area contributed by atoms with Gasteiger partial charge >= 0.3 is 0 Å². The Bertz CT molecular complexity index is 1350. The number of non-ortho nitro benzene ring substituents is 1. The maximum atomic E-state index is 12.8. The highest BCUT2D eigenvalue weighted by atomic mass is 16.6. The largest absolute Gasteiger partial charge is 0.494 e. The van der Waals surface area contributed by atoms with Gasteiger partial charge < -0.3 is 14.6 Å². The molecule has 0 spiro atoms. The number of pyridine rings is 1. The van der Waals surface area contributed by atoms with E-state index in [2.05, 4.69) is 4.99 Å². The molecule has 174 valence electrons. The monoisotopic (exact) mass is 462 g/mol. The summed E-state index contributed by atoms with van der Waals surface area (Å²) in [4.78, 5) is 27.4. The molecule has 1 N–H and O–H groups in total. The number of nitro benzene ring substituents is 1. The summed E-state index contributed by atoms with van der Waals surface area (Å²) in [5.74, 6) is 0.778. The summed E-state index contributed by atoms with van der Waals surface area (Å²) >= 11 is 0. The Kier molecular flexibility index (Phi) is 7.28. The predicted octanol–water partition coefficient (Wildman–Crippen LogP) is 3.65. The number of aryl methyl sites for hydroxylation is 1. The lowest BCUT2D eigenvalue weighted by atomic mass is 10.1. The average Bonchev–Trinajstić information content (AvgIpc) is 2.84. The number of ether oxygens (including phenoxy) is 2. The van der Waals surface area contributed by atoms with Gasteiger partial charge in [-0.3, -0.25) is 24.5 Å². The summed E-state index contributed by atoms with van der Waals surface area (Å²) in [6.07, 6.45) is 1.71. The molecular formula is C24H22N4O6. The molecular weight excluding hydrogens is 440 g/mol. The summed E-state index contributed by atoms with van der Waals surface area (Å²) in [7, 11) is 3.05. The summed E-state index contributed by atoms with van der Waals surface area (Å²) in [5.41, 5.74) is 0.962. The van der Waals surface area contributed by atoms with E-state index in [1.54, 1.807) is 19.1 Å². The molecule has 0 aliphatic heterocycles. The number of nitriles is 1. The second-order valence-corrected chi connectivity index (χ2v) is 7.28. The fraction of sp³-hybridized carbons (Fsp3) is 0.208. The Hall–Kier alpha value is -4.65. The van der Waals surface area contributed by atoms with Crippen LogP contribution in [0.5, 0.6) is 17.4 Å². The molecule has 0 radical (unpaired) electrons. The van der Waals surface area contributed by atoms with E-state index < -0.39 is 10.5 Å². The highest BCUT2D eigenvalue weighted by Crippen LogP contribution is 2.28. The van der Waals surface area contributed by atoms with Crippen molar-refractivity contribution in [2.24, 2.45) is 4.99 Å². The fourth-order valence-corrected chi connectivity index (χ4v) is 3.41. The van der Waals surface area contributed by atoms with Crippen LogP contribution in [0.2, 0.25) is 0 Å². The van der Waals surface area contributed by atoms with E-state index in [1.807, 2.05) is 12.1 Å². The highest BCUT2D eigenvalue weighted by Gasteiger charge is 2.18. The molecule has 0 atom stereocenters. The first-order chi connectivity index (χ1) is 16.3. The second-order valence-electron chi connectivity index (χ2n) is 7.28. The van der Waals surface area contributed by atoms with Gasteiger partial charge in [0.25, 0.3) is 11.2 Å². The number of aromatic hydroxyl groups is 1. The topological polar surface area (TPSA) is 140 Å². The van der Waals surface area contributed by atoms with Crippen LogP contribution in [0.1, 0.15) is 22.3 Å². The normalized spacial score (nSPS) is 10.8. The molecule has 2 aromatic carbocycles. The molecule has 0 bridgehead atoms. The number of hydrogen-bond donors (Lipinski definition) is 1. The van der Waals surface area contributed by atoms with E-state index in [0.29, 0.717) is 23.6 Å². The summed E-state index contributed by atoms with van der Waals surface area (Å²) in [6, 6.07) is 12.8. The van der Waals surface area contributed by atoms with Gasteiger partial charge in [-0.25, -0.2) is 0 Å². The smallest absolute Gasteiger partial charge is 0.271 e. The summed E-state index contributed by atoms with van der Waals surface area (Å²) < 4.78 is 11.7. The maximum Gasteiger partial charge on any atom is 0.271 e. The van der Waals surface area contributed by atoms with Crippen molar-refractivity contribution in [2.45, 2.75) is 19.9 Å². The molecule has 0 amide bonds. The molecule has 10 heteroatoms. The van der Waals surface area contributed by atoms with Crippen molar-refractivity contribution < 1.29 is 19.5 Å². The van der Waals surface area contributed by atoms with Crippen LogP contribution in [0.15, 0.2) is 52.3 Å². The van der Waals surface area contributed by atoms with Crippen molar-refractivity contribution in [2.75, 3.05) is 14.2 Å². The lowest BCUT2D eigenvalue weighted by molar-refractivity contribution is -0.384. The second kappa shape index (κ2) is 10.3. The zero-order valence-corrected chi connectivity index (χ0v) is 18.8. The minimum Gasteiger partial charge on any atom is -0.494 e. The minimum absolute atomic E-state index is 0.0755. The summed E-state index contributed by atoms with van der Waals surface area (Å²) in [5, 5.41) is 31.2. The molecule has 0 fully saturated rings. The van der Waals surface area contributed by atoms with Gasteiger partial charge in [0, 0.05) is 24.9 Å². The van der Waals surface area contributed by atoms with E-state index in [9.17, 15) is 25.3 Å². The first kappa shape index (κ1) is 24.0. The molecule has 0 saturated carbocycles. The van der Waals surface area contributed by atoms with Crippen molar-refractivity contribution in [3.05, 3.63) is 85.2 Å². The quantitative estimate of drug-likeness (QED) is 0.306. The zero-order chi connectivity index (χ0) is 24.8. The Labute approximate surface area is 195 Å². The highest BCUT2D eigenvalue weighted by molar-refractivity contribution is 5.87. The van der Waals surface area contributed by atoms with Gasteiger partial charge in [-0.05, 0) is 48.7 Å². The van der Waals surface area contributed by atoms with E-state index in [0.717, 1.165) is 10.1 Å². The lowest BCUT2D eigenvalue weighted by Gasteiger charge is -2.15. The van der Waals surface area contributed by atoms with Gasteiger partial charge in [0.2, 0.25) is 5.88 Å². The number of hydrogen-bond acceptors (Lipinski definition) is 8. The van der Waals surface area contributed by atoms with Gasteiger partial charge in [-0.2, -0.15) is 5.26 Å². The third-order valence-corrected chi connectivity index (χ3v) is 5.32. The van der Waals surface area contributed by atoms with Crippen molar-refractivity contribution in [1.29, 1.82) is 5.26 Å². The molecule has 0 aliphatic rings. The van der Waals surface area contributed by atoms with Gasteiger partial charge in [0.05, 0.1) is 30.4 Å². The van der Waals surface area contributed by atoms with E-state index in [-0.39, 0.29) is 34.8 Å². The Morgan fingerprint density at radius 2 is 1.85 bits per heavy atom. The SMILES string of the molecule is COc1ccc(CCn2c(O)c(C=Nc3ccc([N+](=O)[O-])cc3)c(C)c(C#N)c2=O)cc1OC. The number of nitrogens with zero attached hydrogens (tertiary/aromatic N) is 4. The molecule has 10 nitrogen and oxygen atoms in total. The number of aliphatic imine (C=N–C) groups is 1. The minimum atomic E-state index is -0.606. The molecule has 1 aromatic heterocycles. The van der Waals surface area contributed by atoms with Crippen LogP contribution in [-0.2, 0) is 13.0 Å². The standard InChI is InChI=1S/C24H22N4O6/c1-15-19(13-25)23(29)27(11-10-16-4-9-21(33-2)22(12-16)34-3)24(30)20(15)14-26-17-5-7-18(8-6-17)28(31)32/h4-9,12,14,30H,10-11H2,1-3H3. The van der Waals surface area contributed by atoms with E-state index in [1.165, 1.54) is 44.7 Å². The Balaban J connectivity index is 1.96. The molecule has 34 heavy (non-hydrogen) atoms. The van der Waals surface area contributed by atoms with Crippen molar-refractivity contribution in [1.82, 2.24) is 4.57 Å². The number of nitro groups is 1. The van der Waals surface area contributed by atoms with Crippen LogP contribution >= 0.6 is 0 Å². The van der Waals surface area contributed by atoms with Crippen molar-refractivity contribution in [3.63, 3.8) is 0 Å². The first-order valence-corrected chi connectivity index (χ1v) is 10.2. The van der Waals surface area contributed by atoms with E-state index in [4.69, 9.17) is 9.47 Å². The zero-order valence-electron chi connectivity index (χ0n) is 18.8. The molecule has 3 rings (SSSR count). The van der Waals surface area contributed by atoms with Gasteiger partial charge in [-0.15, -0.1) is 0 Å². The van der Waals surface area contributed by atoms with Crippen LogP contribution in [0, 0.1) is 28.4 Å². The fourth-order valence-electron chi connectivity index (χ4n) is 3.41. The number of aromatic nitrogens is 1. The average molecular weight is 462 g/mol. The molecule has 1 heterocycles. The number of rotatable bonds is 8. The molecule has 0 unspecified atom stereocenters.